The minimum Gasteiger partial charge on any atom is -0.481 e. The lowest BCUT2D eigenvalue weighted by molar-refractivity contribution is -0.156. The Morgan fingerprint density at radius 2 is 2.50 bits per heavy atom. The molecule has 0 unspecified atom stereocenters. The fraction of sp³-hybridized carbons (Fsp3) is 0.857. The van der Waals surface area contributed by atoms with Gasteiger partial charge in [-0.25, -0.2) is 0 Å². The lowest BCUT2D eigenvalue weighted by atomic mass is 9.62. The van der Waals surface area contributed by atoms with Gasteiger partial charge >= 0.3 is 5.97 Å². The molecule has 2 atom stereocenters. The normalized spacial score (nSPS) is 44.2. The highest BCUT2D eigenvalue weighted by Gasteiger charge is 2.55. The van der Waals surface area contributed by atoms with Crippen molar-refractivity contribution < 1.29 is 9.90 Å². The second kappa shape index (κ2) is 1.72. The summed E-state index contributed by atoms with van der Waals surface area (Å²) in [5.74, 6) is -0.182. The molecule has 3 nitrogen and oxygen atoms in total. The molecule has 0 bridgehead atoms. The highest BCUT2D eigenvalue weighted by Crippen LogP contribution is 2.48. The second-order valence-corrected chi connectivity index (χ2v) is 3.33. The molecule has 1 aliphatic heterocycles. The van der Waals surface area contributed by atoms with Crippen LogP contribution < -0.4 is 5.32 Å². The van der Waals surface area contributed by atoms with E-state index in [-0.39, 0.29) is 5.41 Å². The summed E-state index contributed by atoms with van der Waals surface area (Å²) >= 11 is 0. The molecule has 2 N–H and O–H groups in total. The standard InChI is InChI=1S/C7H11NO2/c9-6(10)7-2-1-5(7)3-8-4-7/h5,8H,1-4H2,(H,9,10)/t5-,7+/m0/s1. The van der Waals surface area contributed by atoms with E-state index in [1.165, 1.54) is 0 Å². The number of hydrogen-bond donors (Lipinski definition) is 2. The Morgan fingerprint density at radius 1 is 1.70 bits per heavy atom. The molecular weight excluding hydrogens is 130 g/mol. The van der Waals surface area contributed by atoms with Crippen LogP contribution in [-0.2, 0) is 4.79 Å². The zero-order valence-electron chi connectivity index (χ0n) is 5.76. The average Bonchev–Trinajstić information content (AvgIpc) is 2.09. The molecule has 2 aliphatic rings. The van der Waals surface area contributed by atoms with E-state index in [0.29, 0.717) is 12.5 Å². The van der Waals surface area contributed by atoms with Gasteiger partial charge in [-0.1, -0.05) is 0 Å². The molecule has 0 aromatic heterocycles. The summed E-state index contributed by atoms with van der Waals surface area (Å²) in [5, 5.41) is 12.0. The lowest BCUT2D eigenvalue weighted by Gasteiger charge is -2.39. The first kappa shape index (κ1) is 6.16. The van der Waals surface area contributed by atoms with Crippen molar-refractivity contribution in [2.45, 2.75) is 12.8 Å². The number of nitrogens with one attached hydrogen (secondary N) is 1. The Labute approximate surface area is 59.4 Å². The largest absolute Gasteiger partial charge is 0.481 e. The summed E-state index contributed by atoms with van der Waals surface area (Å²) < 4.78 is 0. The van der Waals surface area contributed by atoms with Gasteiger partial charge in [-0.3, -0.25) is 4.79 Å². The SMILES string of the molecule is O=C(O)[C@@]12CC[C@H]1CNC2. The first-order valence-electron chi connectivity index (χ1n) is 3.70. The number of carboxylic acids is 1. The zero-order chi connectivity index (χ0) is 7.19. The molecule has 1 aliphatic carbocycles. The summed E-state index contributed by atoms with van der Waals surface area (Å²) in [6.45, 7) is 1.60. The highest BCUT2D eigenvalue weighted by molar-refractivity contribution is 5.77. The van der Waals surface area contributed by atoms with Crippen LogP contribution in [0, 0.1) is 11.3 Å². The van der Waals surface area contributed by atoms with Crippen molar-refractivity contribution in [1.29, 1.82) is 0 Å². The van der Waals surface area contributed by atoms with Crippen LogP contribution in [0.1, 0.15) is 12.8 Å². The van der Waals surface area contributed by atoms with Crippen LogP contribution in [0.25, 0.3) is 0 Å². The average molecular weight is 141 g/mol. The summed E-state index contributed by atoms with van der Waals surface area (Å²) in [5.41, 5.74) is -0.361. The maximum absolute atomic E-state index is 10.7. The molecule has 0 aromatic rings. The minimum absolute atomic E-state index is 0.361. The van der Waals surface area contributed by atoms with Crippen molar-refractivity contribution in [3.05, 3.63) is 0 Å². The van der Waals surface area contributed by atoms with Crippen molar-refractivity contribution in [3.8, 4) is 0 Å². The van der Waals surface area contributed by atoms with Gasteiger partial charge in [-0.05, 0) is 25.3 Å². The summed E-state index contributed by atoms with van der Waals surface area (Å²) in [7, 11) is 0. The van der Waals surface area contributed by atoms with Gasteiger partial charge in [0.2, 0.25) is 0 Å². The maximum Gasteiger partial charge on any atom is 0.311 e. The number of aliphatic carboxylic acids is 1. The van der Waals surface area contributed by atoms with Gasteiger partial charge in [0.25, 0.3) is 0 Å². The molecule has 56 valence electrons. The molecule has 1 saturated heterocycles. The Hall–Kier alpha value is -0.570. The molecule has 1 heterocycles. The molecule has 2 fully saturated rings. The lowest BCUT2D eigenvalue weighted by Crippen LogP contribution is -2.46. The first-order valence-corrected chi connectivity index (χ1v) is 3.70. The monoisotopic (exact) mass is 141 g/mol. The summed E-state index contributed by atoms with van der Waals surface area (Å²) in [6, 6.07) is 0. The van der Waals surface area contributed by atoms with Crippen molar-refractivity contribution in [2.75, 3.05) is 13.1 Å². The van der Waals surface area contributed by atoms with Crippen molar-refractivity contribution in [1.82, 2.24) is 5.32 Å². The van der Waals surface area contributed by atoms with E-state index in [2.05, 4.69) is 5.32 Å². The maximum atomic E-state index is 10.7. The number of rotatable bonds is 1. The molecule has 3 heteroatoms. The summed E-state index contributed by atoms with van der Waals surface area (Å²) in [4.78, 5) is 10.7. The van der Waals surface area contributed by atoms with Crippen molar-refractivity contribution in [2.24, 2.45) is 11.3 Å². The zero-order valence-corrected chi connectivity index (χ0v) is 5.76. The third kappa shape index (κ3) is 0.515. The van der Waals surface area contributed by atoms with Gasteiger partial charge in [0.15, 0.2) is 0 Å². The number of hydrogen-bond acceptors (Lipinski definition) is 2. The highest BCUT2D eigenvalue weighted by atomic mass is 16.4. The van der Waals surface area contributed by atoms with Gasteiger partial charge < -0.3 is 10.4 Å². The predicted molar refractivity (Wildman–Crippen MR) is 35.7 cm³/mol. The van der Waals surface area contributed by atoms with Gasteiger partial charge in [0.05, 0.1) is 5.41 Å². The number of carbonyl (C=O) groups is 1. The Kier molecular flexibility index (Phi) is 1.06. The van der Waals surface area contributed by atoms with Crippen LogP contribution >= 0.6 is 0 Å². The van der Waals surface area contributed by atoms with Crippen LogP contribution in [-0.4, -0.2) is 24.2 Å². The van der Waals surface area contributed by atoms with Crippen molar-refractivity contribution >= 4 is 5.97 Å². The Bertz CT molecular complexity index is 180. The first-order chi connectivity index (χ1) is 4.76. The Morgan fingerprint density at radius 3 is 2.80 bits per heavy atom. The van der Waals surface area contributed by atoms with E-state index in [4.69, 9.17) is 5.11 Å². The van der Waals surface area contributed by atoms with Crippen LogP contribution in [0.4, 0.5) is 0 Å². The second-order valence-electron chi connectivity index (χ2n) is 3.33. The summed E-state index contributed by atoms with van der Waals surface area (Å²) in [6.07, 6.45) is 1.97. The van der Waals surface area contributed by atoms with E-state index in [1.54, 1.807) is 0 Å². The molecular formula is C7H11NO2. The van der Waals surface area contributed by atoms with E-state index >= 15 is 0 Å². The molecule has 1 saturated carbocycles. The van der Waals surface area contributed by atoms with Gasteiger partial charge in [0.1, 0.15) is 0 Å². The molecule has 0 amide bonds. The molecule has 0 radical (unpaired) electrons. The van der Waals surface area contributed by atoms with Gasteiger partial charge in [-0.2, -0.15) is 0 Å². The van der Waals surface area contributed by atoms with Crippen LogP contribution in [0.2, 0.25) is 0 Å². The number of fused-ring (bicyclic) bond motifs is 1. The quantitative estimate of drug-likeness (QED) is 0.543. The van der Waals surface area contributed by atoms with Gasteiger partial charge in [-0.15, -0.1) is 0 Å². The van der Waals surface area contributed by atoms with Crippen LogP contribution in [0.15, 0.2) is 0 Å². The van der Waals surface area contributed by atoms with E-state index in [9.17, 15) is 4.79 Å². The number of carboxylic acid groups (broad SMARTS) is 1. The van der Waals surface area contributed by atoms with Crippen molar-refractivity contribution in [3.63, 3.8) is 0 Å². The minimum atomic E-state index is -0.603. The van der Waals surface area contributed by atoms with Gasteiger partial charge in [0, 0.05) is 6.54 Å². The van der Waals surface area contributed by atoms with E-state index in [1.807, 2.05) is 0 Å². The fourth-order valence-electron chi connectivity index (χ4n) is 2.05. The van der Waals surface area contributed by atoms with Crippen LogP contribution in [0.3, 0.4) is 0 Å². The molecule has 2 rings (SSSR count). The third-order valence-electron chi connectivity index (χ3n) is 2.98. The van der Waals surface area contributed by atoms with E-state index in [0.717, 1.165) is 19.4 Å². The van der Waals surface area contributed by atoms with Crippen LogP contribution in [0.5, 0.6) is 0 Å². The smallest absolute Gasteiger partial charge is 0.311 e. The van der Waals surface area contributed by atoms with E-state index < -0.39 is 5.97 Å². The predicted octanol–water partition coefficient (Wildman–Crippen LogP) is 0.0706. The topological polar surface area (TPSA) is 49.3 Å². The third-order valence-corrected chi connectivity index (χ3v) is 2.98. The molecule has 0 aromatic carbocycles. The molecule has 0 spiro atoms. The molecule has 10 heavy (non-hydrogen) atoms. The fourth-order valence-corrected chi connectivity index (χ4v) is 2.05. The Balaban J connectivity index is 2.21.